The molecule has 23 heavy (non-hydrogen) atoms. The Bertz CT molecular complexity index is 539. The van der Waals surface area contributed by atoms with Gasteiger partial charge in [-0.1, -0.05) is 30.3 Å². The van der Waals surface area contributed by atoms with E-state index in [0.717, 1.165) is 31.5 Å². The second kappa shape index (κ2) is 6.16. The van der Waals surface area contributed by atoms with Crippen molar-refractivity contribution in [1.82, 2.24) is 4.90 Å². The van der Waals surface area contributed by atoms with E-state index in [2.05, 4.69) is 0 Å². The fraction of sp³-hybridized carbons (Fsp3) is 0.632. The molecule has 1 aliphatic heterocycles. The molecule has 1 saturated heterocycles. The van der Waals surface area contributed by atoms with Crippen LogP contribution in [0.15, 0.2) is 30.3 Å². The number of likely N-dealkylation sites (tertiary alicyclic amines) is 1. The minimum absolute atomic E-state index is 0.187. The summed E-state index contributed by atoms with van der Waals surface area (Å²) < 4.78 is 5.43. The fourth-order valence-corrected chi connectivity index (χ4v) is 3.75. The van der Waals surface area contributed by atoms with Crippen molar-refractivity contribution in [3.63, 3.8) is 0 Å². The molecule has 1 aromatic carbocycles. The fourth-order valence-electron chi connectivity index (χ4n) is 3.75. The number of benzene rings is 1. The topological polar surface area (TPSA) is 49.8 Å². The van der Waals surface area contributed by atoms with Gasteiger partial charge in [0.25, 0.3) is 0 Å². The summed E-state index contributed by atoms with van der Waals surface area (Å²) in [5.74, 6) is 1.86. The molecule has 4 atom stereocenters. The van der Waals surface area contributed by atoms with Crippen molar-refractivity contribution in [2.75, 3.05) is 13.1 Å². The van der Waals surface area contributed by atoms with E-state index in [1.807, 2.05) is 56.0 Å². The molecule has 4 heteroatoms. The van der Waals surface area contributed by atoms with E-state index in [4.69, 9.17) is 4.74 Å². The third-order valence-electron chi connectivity index (χ3n) is 4.98. The predicted molar refractivity (Wildman–Crippen MR) is 88.9 cm³/mol. The van der Waals surface area contributed by atoms with Gasteiger partial charge in [0.05, 0.1) is 6.10 Å². The van der Waals surface area contributed by atoms with Crippen molar-refractivity contribution in [2.45, 2.75) is 45.3 Å². The van der Waals surface area contributed by atoms with Gasteiger partial charge in [-0.25, -0.2) is 4.79 Å². The highest BCUT2D eigenvalue weighted by atomic mass is 16.6. The van der Waals surface area contributed by atoms with Crippen LogP contribution in [0.25, 0.3) is 0 Å². The summed E-state index contributed by atoms with van der Waals surface area (Å²) >= 11 is 0. The molecule has 0 radical (unpaired) electrons. The maximum Gasteiger partial charge on any atom is 0.410 e. The number of carbonyl (C=O) groups excluding carboxylic acids is 1. The number of piperidine rings is 1. The van der Waals surface area contributed by atoms with Crippen LogP contribution < -0.4 is 0 Å². The van der Waals surface area contributed by atoms with Gasteiger partial charge < -0.3 is 14.7 Å². The van der Waals surface area contributed by atoms with Gasteiger partial charge >= 0.3 is 6.09 Å². The smallest absolute Gasteiger partial charge is 0.410 e. The number of hydrogen-bond acceptors (Lipinski definition) is 3. The zero-order valence-corrected chi connectivity index (χ0v) is 14.2. The third-order valence-corrected chi connectivity index (χ3v) is 4.98. The maximum absolute atomic E-state index is 12.0. The highest BCUT2D eigenvalue weighted by molar-refractivity contribution is 5.68. The molecule has 1 heterocycles. The van der Waals surface area contributed by atoms with Gasteiger partial charge in [-0.15, -0.1) is 0 Å². The number of nitrogens with zero attached hydrogens (tertiary/aromatic N) is 1. The van der Waals surface area contributed by atoms with Crippen molar-refractivity contribution in [1.29, 1.82) is 0 Å². The van der Waals surface area contributed by atoms with Crippen LogP contribution in [0.5, 0.6) is 0 Å². The van der Waals surface area contributed by atoms with Gasteiger partial charge in [0, 0.05) is 13.1 Å². The zero-order valence-electron chi connectivity index (χ0n) is 14.2. The number of aliphatic hydroxyl groups is 1. The molecule has 0 bridgehead atoms. The summed E-state index contributed by atoms with van der Waals surface area (Å²) in [4.78, 5) is 13.9. The van der Waals surface area contributed by atoms with Gasteiger partial charge in [-0.2, -0.15) is 0 Å². The Kier molecular flexibility index (Phi) is 4.37. The molecule has 2 fully saturated rings. The molecule has 1 amide bonds. The number of ether oxygens (including phenoxy) is 1. The first-order valence-corrected chi connectivity index (χ1v) is 8.56. The van der Waals surface area contributed by atoms with Crippen molar-refractivity contribution in [3.05, 3.63) is 35.9 Å². The molecule has 2 unspecified atom stereocenters. The van der Waals surface area contributed by atoms with Gasteiger partial charge in [-0.05, 0) is 56.9 Å². The monoisotopic (exact) mass is 317 g/mol. The molecule has 1 aliphatic carbocycles. The Morgan fingerprint density at radius 2 is 1.87 bits per heavy atom. The van der Waals surface area contributed by atoms with Crippen LogP contribution in [-0.2, 0) is 4.74 Å². The molecule has 126 valence electrons. The van der Waals surface area contributed by atoms with Crippen LogP contribution >= 0.6 is 0 Å². The highest BCUT2D eigenvalue weighted by Crippen LogP contribution is 2.54. The summed E-state index contributed by atoms with van der Waals surface area (Å²) in [6.07, 6.45) is 1.27. The number of hydrogen-bond donors (Lipinski definition) is 1. The van der Waals surface area contributed by atoms with E-state index in [1.165, 1.54) is 0 Å². The minimum atomic E-state index is -0.428. The Hall–Kier alpha value is -1.55. The lowest BCUT2D eigenvalue weighted by Gasteiger charge is -2.26. The Morgan fingerprint density at radius 3 is 2.43 bits per heavy atom. The van der Waals surface area contributed by atoms with Gasteiger partial charge in [0.1, 0.15) is 5.60 Å². The Labute approximate surface area is 138 Å². The lowest BCUT2D eigenvalue weighted by atomic mass is 10.0. The van der Waals surface area contributed by atoms with Crippen LogP contribution in [-0.4, -0.2) is 34.8 Å². The largest absolute Gasteiger partial charge is 0.444 e. The highest BCUT2D eigenvalue weighted by Gasteiger charge is 2.56. The molecule has 1 N–H and O–H groups in total. The van der Waals surface area contributed by atoms with E-state index < -0.39 is 5.60 Å². The van der Waals surface area contributed by atoms with Gasteiger partial charge in [0.2, 0.25) is 0 Å². The summed E-state index contributed by atoms with van der Waals surface area (Å²) in [7, 11) is 0. The minimum Gasteiger partial charge on any atom is -0.444 e. The molecule has 0 aromatic heterocycles. The molecule has 1 aromatic rings. The lowest BCUT2D eigenvalue weighted by molar-refractivity contribution is 0.0263. The summed E-state index contributed by atoms with van der Waals surface area (Å²) in [6, 6.07) is 9.84. The SMILES string of the molecule is CC(C)(C)OC(=O)N1C[C@@H]2C(CCC(O)c3ccccc3)[C@@H]2C1. The van der Waals surface area contributed by atoms with E-state index >= 15 is 0 Å². The van der Waals surface area contributed by atoms with Gasteiger partial charge in [0.15, 0.2) is 0 Å². The van der Waals surface area contributed by atoms with Crippen molar-refractivity contribution >= 4 is 6.09 Å². The number of aliphatic hydroxyl groups excluding tert-OH is 1. The molecule has 2 aliphatic rings. The van der Waals surface area contributed by atoms with Crippen molar-refractivity contribution in [3.8, 4) is 0 Å². The molecule has 3 rings (SSSR count). The third kappa shape index (κ3) is 3.86. The Morgan fingerprint density at radius 1 is 1.26 bits per heavy atom. The van der Waals surface area contributed by atoms with Crippen LogP contribution in [0, 0.1) is 17.8 Å². The standard InChI is InChI=1S/C19H27NO3/c1-19(2,3)23-18(22)20-11-15-14(16(15)12-20)9-10-17(21)13-7-5-4-6-8-13/h4-8,14-17,21H,9-12H2,1-3H3/t14?,15-,16+,17?. The van der Waals surface area contributed by atoms with Crippen LogP contribution in [0.2, 0.25) is 0 Å². The number of fused-ring (bicyclic) bond motifs is 1. The first-order chi connectivity index (χ1) is 10.8. The average molecular weight is 317 g/mol. The summed E-state index contributed by atoms with van der Waals surface area (Å²) in [5, 5.41) is 10.2. The first-order valence-electron chi connectivity index (χ1n) is 8.56. The van der Waals surface area contributed by atoms with E-state index in [-0.39, 0.29) is 12.2 Å². The predicted octanol–water partition coefficient (Wildman–Crippen LogP) is 3.61. The molecular weight excluding hydrogens is 290 g/mol. The van der Waals surface area contributed by atoms with Crippen LogP contribution in [0.4, 0.5) is 4.79 Å². The number of amides is 1. The maximum atomic E-state index is 12.0. The zero-order chi connectivity index (χ0) is 16.6. The molecule has 4 nitrogen and oxygen atoms in total. The molecule has 1 saturated carbocycles. The Balaban J connectivity index is 1.41. The quantitative estimate of drug-likeness (QED) is 0.923. The number of rotatable bonds is 4. The van der Waals surface area contributed by atoms with Crippen LogP contribution in [0.3, 0.4) is 0 Å². The number of carbonyl (C=O) groups is 1. The second-order valence-corrected chi connectivity index (χ2v) is 7.88. The van der Waals surface area contributed by atoms with Crippen molar-refractivity contribution in [2.24, 2.45) is 17.8 Å². The molecular formula is C19H27NO3. The first kappa shape index (κ1) is 16.3. The summed E-state index contributed by atoms with van der Waals surface area (Å²) in [5.41, 5.74) is 0.567. The molecule has 0 spiro atoms. The average Bonchev–Trinajstić information content (AvgIpc) is 2.93. The van der Waals surface area contributed by atoms with Crippen LogP contribution in [0.1, 0.15) is 45.3 Å². The van der Waals surface area contributed by atoms with Gasteiger partial charge in [-0.3, -0.25) is 0 Å². The lowest BCUT2D eigenvalue weighted by Crippen LogP contribution is -2.37. The van der Waals surface area contributed by atoms with E-state index in [0.29, 0.717) is 17.8 Å². The second-order valence-electron chi connectivity index (χ2n) is 7.88. The van der Waals surface area contributed by atoms with Crippen molar-refractivity contribution < 1.29 is 14.6 Å². The van der Waals surface area contributed by atoms with E-state index in [1.54, 1.807) is 0 Å². The summed E-state index contributed by atoms with van der Waals surface area (Å²) in [6.45, 7) is 7.32. The normalized spacial score (nSPS) is 27.5. The van der Waals surface area contributed by atoms with E-state index in [9.17, 15) is 9.90 Å².